The lowest BCUT2D eigenvalue weighted by molar-refractivity contribution is -0.699. The van der Waals surface area contributed by atoms with Gasteiger partial charge in [0, 0.05) is 24.1 Å². The fourth-order valence-electron chi connectivity index (χ4n) is 1.48. The molecule has 1 aliphatic heterocycles. The van der Waals surface area contributed by atoms with Crippen LogP contribution in [0.2, 0.25) is 0 Å². The Morgan fingerprint density at radius 2 is 2.31 bits per heavy atom. The van der Waals surface area contributed by atoms with Crippen LogP contribution in [0.4, 0.5) is 0 Å². The highest BCUT2D eigenvalue weighted by Gasteiger charge is 2.26. The molecule has 1 aliphatic rings. The number of hydrogen-bond acceptors (Lipinski definition) is 1. The zero-order valence-electron chi connectivity index (χ0n) is 7.03. The van der Waals surface area contributed by atoms with Crippen LogP contribution in [0.1, 0.15) is 16.9 Å². The molecule has 1 aromatic heterocycles. The molecule has 0 saturated heterocycles. The van der Waals surface area contributed by atoms with Crippen molar-refractivity contribution in [1.82, 2.24) is 0 Å². The summed E-state index contributed by atoms with van der Waals surface area (Å²) in [5.74, 6) is 1.82. The number of aromatic nitrogens is 1. The Bertz CT molecular complexity index is 417. The number of nitrogens with zero attached hydrogens (tertiary/aromatic N) is 2. The van der Waals surface area contributed by atoms with E-state index in [0.717, 1.165) is 6.54 Å². The molecule has 0 radical (unpaired) electrons. The summed E-state index contributed by atoms with van der Waals surface area (Å²) < 4.78 is 1.88. The highest BCUT2D eigenvalue weighted by Crippen LogP contribution is 2.10. The predicted octanol–water partition coefficient (Wildman–Crippen LogP) is 0.726. The number of pyridine rings is 1. The molecule has 2 rings (SSSR count). The number of allylic oxidation sites excluding steroid dienone is 1. The van der Waals surface area contributed by atoms with Gasteiger partial charge in [0.15, 0.2) is 12.7 Å². The highest BCUT2D eigenvalue weighted by atomic mass is 16.1. The van der Waals surface area contributed by atoms with Gasteiger partial charge in [0.1, 0.15) is 0 Å². The standard InChI is InChI=1S/C10H8N2O/c11-7-8-4-6-12-5-2-1-3-9(12)10(8)13/h1-3,5H,4,6H2. The minimum atomic E-state index is -0.130. The molecule has 0 bridgehead atoms. The predicted molar refractivity (Wildman–Crippen MR) is 47.5 cm³/mol. The van der Waals surface area contributed by atoms with Crippen molar-refractivity contribution in [2.24, 2.45) is 0 Å². The van der Waals surface area contributed by atoms with Crippen molar-refractivity contribution in [3.8, 4) is 0 Å². The Morgan fingerprint density at radius 3 is 3.08 bits per heavy atom. The fourth-order valence-corrected chi connectivity index (χ4v) is 1.48. The summed E-state index contributed by atoms with van der Waals surface area (Å²) >= 11 is 0. The van der Waals surface area contributed by atoms with Gasteiger partial charge in [-0.1, -0.05) is 0 Å². The Labute approximate surface area is 75.8 Å². The molecule has 64 valence electrons. The third-order valence-corrected chi connectivity index (χ3v) is 2.19. The van der Waals surface area contributed by atoms with Gasteiger partial charge in [-0.2, -0.15) is 4.57 Å². The average molecular weight is 172 g/mol. The summed E-state index contributed by atoms with van der Waals surface area (Å²) in [4.78, 5) is 11.6. The molecule has 0 spiro atoms. The Kier molecular flexibility index (Phi) is 1.80. The van der Waals surface area contributed by atoms with Crippen LogP contribution in [-0.2, 0) is 6.54 Å². The second-order valence-electron chi connectivity index (χ2n) is 2.95. The topological polar surface area (TPSA) is 43.2 Å². The van der Waals surface area contributed by atoms with E-state index in [2.05, 4.69) is 0 Å². The minimum absolute atomic E-state index is 0.130. The molecular formula is C10H8N2O. The number of rotatable bonds is 0. The summed E-state index contributed by atoms with van der Waals surface area (Å²) in [5.41, 5.74) is 0.983. The maximum absolute atomic E-state index is 11.6. The number of carbonyl (C=O) groups excluding carboxylic acids is 1. The first-order valence-electron chi connectivity index (χ1n) is 4.12. The van der Waals surface area contributed by atoms with Crippen LogP contribution in [0.25, 0.3) is 5.41 Å². The number of Topliss-reactive ketones (excluding diaryl/α,β-unsaturated/α-hetero) is 1. The molecular weight excluding hydrogens is 164 g/mol. The van der Waals surface area contributed by atoms with Crippen molar-refractivity contribution in [1.29, 1.82) is 0 Å². The summed E-state index contributed by atoms with van der Waals surface area (Å²) in [6.45, 7) is 0.727. The van der Waals surface area contributed by atoms with Crippen molar-refractivity contribution < 1.29 is 9.36 Å². The molecule has 1 aromatic rings. The molecule has 2 heterocycles. The van der Waals surface area contributed by atoms with Crippen molar-refractivity contribution in [3.05, 3.63) is 41.1 Å². The Morgan fingerprint density at radius 1 is 1.46 bits per heavy atom. The summed E-state index contributed by atoms with van der Waals surface area (Å²) in [6, 6.07) is 5.44. The van der Waals surface area contributed by atoms with Gasteiger partial charge in [-0.3, -0.25) is 10.7 Å². The van der Waals surface area contributed by atoms with E-state index in [1.807, 2.05) is 28.8 Å². The number of fused-ring (bicyclic) bond motifs is 1. The number of ketones is 1. The van der Waals surface area contributed by atoms with Gasteiger partial charge in [-0.15, -0.1) is 0 Å². The molecule has 3 heteroatoms. The van der Waals surface area contributed by atoms with Gasteiger partial charge in [0.25, 0.3) is 11.5 Å². The maximum atomic E-state index is 11.6. The number of aryl methyl sites for hydroxylation is 1. The van der Waals surface area contributed by atoms with Crippen molar-refractivity contribution >= 4 is 11.7 Å². The van der Waals surface area contributed by atoms with Crippen LogP contribution in [0, 0.1) is 0 Å². The van der Waals surface area contributed by atoms with Crippen LogP contribution < -0.4 is 4.57 Å². The highest BCUT2D eigenvalue weighted by molar-refractivity contribution is 6.12. The molecule has 0 unspecified atom stereocenters. The van der Waals surface area contributed by atoms with Crippen molar-refractivity contribution in [2.45, 2.75) is 13.0 Å². The first kappa shape index (κ1) is 7.90. The zero-order valence-corrected chi connectivity index (χ0v) is 7.03. The zero-order chi connectivity index (χ0) is 9.26. The van der Waals surface area contributed by atoms with E-state index in [0.29, 0.717) is 17.7 Å². The third-order valence-electron chi connectivity index (χ3n) is 2.19. The van der Waals surface area contributed by atoms with Gasteiger partial charge in [0.05, 0.1) is 0 Å². The minimum Gasteiger partial charge on any atom is -0.763 e. The number of carbonyl (C=O) groups is 1. The lowest BCUT2D eigenvalue weighted by atomic mass is 10.0. The molecule has 0 atom stereocenters. The van der Waals surface area contributed by atoms with E-state index < -0.39 is 0 Å². The molecule has 0 aromatic carbocycles. The Hall–Kier alpha value is -1.73. The van der Waals surface area contributed by atoms with E-state index >= 15 is 0 Å². The van der Waals surface area contributed by atoms with Gasteiger partial charge in [-0.05, 0) is 6.07 Å². The van der Waals surface area contributed by atoms with E-state index in [-0.39, 0.29) is 5.78 Å². The van der Waals surface area contributed by atoms with Gasteiger partial charge >= 0.3 is 0 Å². The second kappa shape index (κ2) is 2.96. The molecule has 0 fully saturated rings. The smallest absolute Gasteiger partial charge is 0.258 e. The summed E-state index contributed by atoms with van der Waals surface area (Å²) in [5, 5.41) is 8.67. The van der Waals surface area contributed by atoms with Crippen LogP contribution in [-0.4, -0.2) is 11.7 Å². The summed E-state index contributed by atoms with van der Waals surface area (Å²) in [6.07, 6.45) is 2.42. The largest absolute Gasteiger partial charge is 0.763 e. The lowest BCUT2D eigenvalue weighted by Crippen LogP contribution is -2.44. The molecule has 0 aliphatic carbocycles. The molecule has 0 saturated carbocycles. The number of hydrogen-bond donors (Lipinski definition) is 0. The Balaban J connectivity index is 2.57. The first-order chi connectivity index (χ1) is 6.33. The van der Waals surface area contributed by atoms with Crippen molar-refractivity contribution in [3.63, 3.8) is 0 Å². The monoisotopic (exact) mass is 172 g/mol. The van der Waals surface area contributed by atoms with Crippen LogP contribution in [0.15, 0.2) is 30.0 Å². The fraction of sp³-hybridized carbons (Fsp3) is 0.200. The molecule has 0 N–H and O–H groups in total. The third kappa shape index (κ3) is 1.19. The van der Waals surface area contributed by atoms with Crippen LogP contribution in [0.5, 0.6) is 0 Å². The van der Waals surface area contributed by atoms with Crippen LogP contribution >= 0.6 is 0 Å². The first-order valence-corrected chi connectivity index (χ1v) is 4.12. The van der Waals surface area contributed by atoms with Crippen LogP contribution in [0.3, 0.4) is 0 Å². The van der Waals surface area contributed by atoms with Gasteiger partial charge < -0.3 is 5.41 Å². The van der Waals surface area contributed by atoms with Gasteiger partial charge in [0.2, 0.25) is 0 Å². The van der Waals surface area contributed by atoms with Crippen molar-refractivity contribution in [2.75, 3.05) is 0 Å². The summed E-state index contributed by atoms with van der Waals surface area (Å²) in [7, 11) is 0. The SMILES string of the molecule is [N-]=C=C1CC[n+]2ccccc2C1=O. The molecule has 13 heavy (non-hydrogen) atoms. The van der Waals surface area contributed by atoms with E-state index in [1.165, 1.54) is 0 Å². The quantitative estimate of drug-likeness (QED) is 0.323. The average Bonchev–Trinajstić information content (AvgIpc) is 2.19. The lowest BCUT2D eigenvalue weighted by Gasteiger charge is -2.10. The van der Waals surface area contributed by atoms with Gasteiger partial charge in [-0.25, -0.2) is 0 Å². The second-order valence-corrected chi connectivity index (χ2v) is 2.95. The van der Waals surface area contributed by atoms with E-state index in [9.17, 15) is 4.79 Å². The van der Waals surface area contributed by atoms with E-state index in [1.54, 1.807) is 6.07 Å². The maximum Gasteiger partial charge on any atom is 0.258 e. The normalized spacial score (nSPS) is 15.1. The van der Waals surface area contributed by atoms with E-state index in [4.69, 9.17) is 5.41 Å². The molecule has 3 nitrogen and oxygen atoms in total. The molecule has 0 amide bonds.